The third-order valence-electron chi connectivity index (χ3n) is 3.80. The number of nitrogens with zero attached hydrogens (tertiary/aromatic N) is 1. The van der Waals surface area contributed by atoms with Crippen LogP contribution in [0.5, 0.6) is 5.75 Å². The van der Waals surface area contributed by atoms with Crippen LogP contribution in [0.2, 0.25) is 0 Å². The van der Waals surface area contributed by atoms with Gasteiger partial charge in [0.15, 0.2) is 0 Å². The fourth-order valence-electron chi connectivity index (χ4n) is 2.77. The number of fused-ring (bicyclic) bond motifs is 1. The first-order valence-electron chi connectivity index (χ1n) is 6.70. The molecule has 0 unspecified atom stereocenters. The quantitative estimate of drug-likeness (QED) is 0.840. The number of aromatic nitrogens is 1. The van der Waals surface area contributed by atoms with E-state index >= 15 is 0 Å². The van der Waals surface area contributed by atoms with Crippen molar-refractivity contribution in [3.8, 4) is 16.9 Å². The second-order valence-electron chi connectivity index (χ2n) is 4.99. The third-order valence-corrected chi connectivity index (χ3v) is 3.80. The minimum absolute atomic E-state index is 0.340. The summed E-state index contributed by atoms with van der Waals surface area (Å²) in [6.07, 6.45) is 7.70. The molecule has 1 aromatic carbocycles. The Labute approximate surface area is 112 Å². The fourth-order valence-corrected chi connectivity index (χ4v) is 2.77. The lowest BCUT2D eigenvalue weighted by molar-refractivity contribution is 0.415. The molecular formula is C15H18N2O2. The average Bonchev–Trinajstić information content (AvgIpc) is 2.72. The molecule has 0 saturated carbocycles. The van der Waals surface area contributed by atoms with Gasteiger partial charge < -0.3 is 15.0 Å². The molecule has 19 heavy (non-hydrogen) atoms. The third kappa shape index (κ3) is 2.18. The molecule has 0 bridgehead atoms. The highest BCUT2D eigenvalue weighted by Crippen LogP contribution is 2.37. The van der Waals surface area contributed by atoms with Crippen molar-refractivity contribution in [2.45, 2.75) is 32.1 Å². The molecule has 1 aliphatic rings. The summed E-state index contributed by atoms with van der Waals surface area (Å²) >= 11 is 0. The maximum atomic E-state index is 5.82. The molecule has 0 saturated heterocycles. The van der Waals surface area contributed by atoms with E-state index in [4.69, 9.17) is 15.0 Å². The lowest BCUT2D eigenvalue weighted by atomic mass is 9.96. The molecule has 0 fully saturated rings. The van der Waals surface area contributed by atoms with Crippen molar-refractivity contribution in [1.29, 1.82) is 0 Å². The first-order valence-corrected chi connectivity index (χ1v) is 6.70. The monoisotopic (exact) mass is 258 g/mol. The molecule has 100 valence electrons. The Morgan fingerprint density at radius 2 is 1.84 bits per heavy atom. The van der Waals surface area contributed by atoms with Gasteiger partial charge >= 0.3 is 0 Å². The number of aryl methyl sites for hydroxylation is 2. The predicted octanol–water partition coefficient (Wildman–Crippen LogP) is 3.20. The molecule has 2 N–H and O–H groups in total. The maximum absolute atomic E-state index is 5.82. The summed E-state index contributed by atoms with van der Waals surface area (Å²) < 4.78 is 10.5. The smallest absolute Gasteiger partial charge is 0.230 e. The van der Waals surface area contributed by atoms with Gasteiger partial charge in [-0.05, 0) is 48.9 Å². The summed E-state index contributed by atoms with van der Waals surface area (Å²) in [7, 11) is 1.69. The molecule has 3 rings (SSSR count). The normalized spacial score (nSPS) is 14.8. The van der Waals surface area contributed by atoms with Crippen LogP contribution in [0.15, 0.2) is 22.9 Å². The largest absolute Gasteiger partial charge is 0.496 e. The zero-order valence-corrected chi connectivity index (χ0v) is 11.1. The number of anilines is 1. The van der Waals surface area contributed by atoms with Crippen LogP contribution in [0.1, 0.15) is 30.4 Å². The molecule has 2 aromatic rings. The van der Waals surface area contributed by atoms with Crippen LogP contribution in [0, 0.1) is 0 Å². The van der Waals surface area contributed by atoms with Gasteiger partial charge in [-0.25, -0.2) is 0 Å². The summed E-state index contributed by atoms with van der Waals surface area (Å²) in [5, 5.41) is 3.75. The highest BCUT2D eigenvalue weighted by Gasteiger charge is 2.17. The van der Waals surface area contributed by atoms with E-state index < -0.39 is 0 Å². The SMILES string of the molecule is COc1cc2c(cc1-c1cnoc1N)CCCCC2. The Morgan fingerprint density at radius 1 is 1.11 bits per heavy atom. The van der Waals surface area contributed by atoms with Crippen LogP contribution in [0.3, 0.4) is 0 Å². The topological polar surface area (TPSA) is 61.3 Å². The van der Waals surface area contributed by atoms with E-state index in [1.54, 1.807) is 13.3 Å². The predicted molar refractivity (Wildman–Crippen MR) is 74.2 cm³/mol. The van der Waals surface area contributed by atoms with Gasteiger partial charge in [-0.1, -0.05) is 11.6 Å². The van der Waals surface area contributed by atoms with Crippen molar-refractivity contribution in [3.63, 3.8) is 0 Å². The molecule has 0 spiro atoms. The number of rotatable bonds is 2. The summed E-state index contributed by atoms with van der Waals surface area (Å²) in [5.74, 6) is 1.18. The van der Waals surface area contributed by atoms with E-state index in [9.17, 15) is 0 Å². The first-order chi connectivity index (χ1) is 9.29. The van der Waals surface area contributed by atoms with Crippen LogP contribution in [-0.4, -0.2) is 12.3 Å². The summed E-state index contributed by atoms with van der Waals surface area (Å²) in [6, 6.07) is 4.32. The van der Waals surface area contributed by atoms with Crippen LogP contribution in [0.25, 0.3) is 11.1 Å². The zero-order valence-electron chi connectivity index (χ0n) is 11.1. The van der Waals surface area contributed by atoms with Crippen molar-refractivity contribution < 1.29 is 9.26 Å². The second-order valence-corrected chi connectivity index (χ2v) is 4.99. The van der Waals surface area contributed by atoms with Gasteiger partial charge in [-0.2, -0.15) is 0 Å². The molecule has 0 aliphatic heterocycles. The molecular weight excluding hydrogens is 240 g/mol. The van der Waals surface area contributed by atoms with Crippen molar-refractivity contribution in [3.05, 3.63) is 29.5 Å². The van der Waals surface area contributed by atoms with Gasteiger partial charge in [-0.15, -0.1) is 0 Å². The van der Waals surface area contributed by atoms with Crippen molar-refractivity contribution in [2.24, 2.45) is 0 Å². The Balaban J connectivity index is 2.13. The molecule has 1 aliphatic carbocycles. The van der Waals surface area contributed by atoms with Gasteiger partial charge in [0.25, 0.3) is 0 Å². The van der Waals surface area contributed by atoms with E-state index in [0.29, 0.717) is 5.88 Å². The van der Waals surface area contributed by atoms with Gasteiger partial charge in [0, 0.05) is 5.56 Å². The van der Waals surface area contributed by atoms with E-state index in [1.807, 2.05) is 0 Å². The number of benzene rings is 1. The number of nitrogen functional groups attached to an aromatic ring is 1. The average molecular weight is 258 g/mol. The van der Waals surface area contributed by atoms with E-state index in [2.05, 4.69) is 17.3 Å². The minimum Gasteiger partial charge on any atom is -0.496 e. The number of hydrogen-bond donors (Lipinski definition) is 1. The summed E-state index contributed by atoms with van der Waals surface area (Å²) in [4.78, 5) is 0. The Hall–Kier alpha value is -1.97. The fraction of sp³-hybridized carbons (Fsp3) is 0.400. The molecule has 4 nitrogen and oxygen atoms in total. The van der Waals surface area contributed by atoms with Crippen molar-refractivity contribution in [1.82, 2.24) is 5.16 Å². The van der Waals surface area contributed by atoms with Crippen molar-refractivity contribution >= 4 is 5.88 Å². The van der Waals surface area contributed by atoms with Crippen LogP contribution >= 0.6 is 0 Å². The lowest BCUT2D eigenvalue weighted by Crippen LogP contribution is -1.97. The highest BCUT2D eigenvalue weighted by molar-refractivity contribution is 5.78. The van der Waals surface area contributed by atoms with Crippen molar-refractivity contribution in [2.75, 3.05) is 12.8 Å². The molecule has 0 atom stereocenters. The van der Waals surface area contributed by atoms with Crippen LogP contribution in [0.4, 0.5) is 5.88 Å². The summed E-state index contributed by atoms with van der Waals surface area (Å²) in [5.41, 5.74) is 10.4. The second kappa shape index (κ2) is 4.96. The lowest BCUT2D eigenvalue weighted by Gasteiger charge is -2.13. The number of hydrogen-bond acceptors (Lipinski definition) is 4. The van der Waals surface area contributed by atoms with Crippen LogP contribution in [-0.2, 0) is 12.8 Å². The minimum atomic E-state index is 0.340. The van der Waals surface area contributed by atoms with Crippen LogP contribution < -0.4 is 10.5 Å². The standard InChI is InChI=1S/C15H18N2O2/c1-18-14-8-11-6-4-2-3-5-10(11)7-12(14)13-9-17-19-15(13)16/h7-9H,2-6,16H2,1H3. The molecule has 1 aromatic heterocycles. The Kier molecular flexibility index (Phi) is 3.15. The summed E-state index contributed by atoms with van der Waals surface area (Å²) in [6.45, 7) is 0. The highest BCUT2D eigenvalue weighted by atomic mass is 16.5. The Morgan fingerprint density at radius 3 is 2.47 bits per heavy atom. The first kappa shape index (κ1) is 12.1. The molecule has 1 heterocycles. The van der Waals surface area contributed by atoms with E-state index in [1.165, 1.54) is 30.4 Å². The van der Waals surface area contributed by atoms with E-state index in [0.717, 1.165) is 29.7 Å². The number of methoxy groups -OCH3 is 1. The van der Waals surface area contributed by atoms with Gasteiger partial charge in [0.2, 0.25) is 5.88 Å². The Bertz CT molecular complexity index is 590. The van der Waals surface area contributed by atoms with Gasteiger partial charge in [-0.3, -0.25) is 0 Å². The molecule has 0 amide bonds. The zero-order chi connectivity index (χ0) is 13.2. The number of ether oxygens (including phenoxy) is 1. The molecule has 4 heteroatoms. The van der Waals surface area contributed by atoms with Gasteiger partial charge in [0.05, 0.1) is 18.9 Å². The molecule has 0 radical (unpaired) electrons. The number of nitrogens with two attached hydrogens (primary N) is 1. The maximum Gasteiger partial charge on any atom is 0.230 e. The van der Waals surface area contributed by atoms with E-state index in [-0.39, 0.29) is 0 Å². The van der Waals surface area contributed by atoms with Gasteiger partial charge in [0.1, 0.15) is 5.75 Å².